The SMILES string of the molecule is CCCNC(C)(CO)CCCCSc1ccccc1F. The zero-order valence-corrected chi connectivity index (χ0v) is 13.3. The van der Waals surface area contributed by atoms with Gasteiger partial charge in [0.1, 0.15) is 5.82 Å². The van der Waals surface area contributed by atoms with Crippen LogP contribution < -0.4 is 5.32 Å². The van der Waals surface area contributed by atoms with Gasteiger partial charge < -0.3 is 10.4 Å². The Bertz CT molecular complexity index is 388. The van der Waals surface area contributed by atoms with Crippen LogP contribution >= 0.6 is 11.8 Å². The second-order valence-electron chi connectivity index (χ2n) is 5.38. The number of hydrogen-bond donors (Lipinski definition) is 2. The van der Waals surface area contributed by atoms with Crippen molar-refractivity contribution >= 4 is 11.8 Å². The Balaban J connectivity index is 2.22. The van der Waals surface area contributed by atoms with Gasteiger partial charge >= 0.3 is 0 Å². The topological polar surface area (TPSA) is 32.3 Å². The second kappa shape index (κ2) is 9.37. The molecule has 0 radical (unpaired) electrons. The van der Waals surface area contributed by atoms with E-state index in [1.165, 1.54) is 6.07 Å². The van der Waals surface area contributed by atoms with Crippen LogP contribution in [0.1, 0.15) is 39.5 Å². The minimum atomic E-state index is -0.182. The van der Waals surface area contributed by atoms with Gasteiger partial charge in [-0.05, 0) is 50.6 Å². The zero-order chi connectivity index (χ0) is 14.8. The largest absolute Gasteiger partial charge is 0.394 e. The van der Waals surface area contributed by atoms with E-state index in [0.29, 0.717) is 0 Å². The number of unbranched alkanes of at least 4 members (excludes halogenated alkanes) is 1. The normalized spacial score (nSPS) is 14.2. The van der Waals surface area contributed by atoms with Crippen LogP contribution in [0.2, 0.25) is 0 Å². The summed E-state index contributed by atoms with van der Waals surface area (Å²) in [6.45, 7) is 5.27. The number of rotatable bonds is 10. The van der Waals surface area contributed by atoms with Crippen LogP contribution in [0, 0.1) is 5.82 Å². The molecule has 0 heterocycles. The summed E-state index contributed by atoms with van der Waals surface area (Å²) in [4.78, 5) is 0.724. The van der Waals surface area contributed by atoms with Gasteiger partial charge in [0.2, 0.25) is 0 Å². The van der Waals surface area contributed by atoms with Crippen molar-refractivity contribution in [1.29, 1.82) is 0 Å². The van der Waals surface area contributed by atoms with E-state index in [0.717, 1.165) is 42.9 Å². The fraction of sp³-hybridized carbons (Fsp3) is 0.625. The number of benzene rings is 1. The lowest BCUT2D eigenvalue weighted by atomic mass is 9.96. The standard InChI is InChI=1S/C16H26FNOS/c1-3-11-18-16(2,13-19)10-6-7-12-20-15-9-5-4-8-14(15)17/h4-5,8-9,18-19H,3,6-7,10-13H2,1-2H3. The molecule has 0 aliphatic carbocycles. The highest BCUT2D eigenvalue weighted by molar-refractivity contribution is 7.99. The second-order valence-corrected chi connectivity index (χ2v) is 6.52. The molecule has 1 atom stereocenters. The van der Waals surface area contributed by atoms with Gasteiger partial charge in [-0.1, -0.05) is 25.5 Å². The molecule has 0 aliphatic heterocycles. The Labute approximate surface area is 126 Å². The average Bonchev–Trinajstić information content (AvgIpc) is 2.46. The van der Waals surface area contributed by atoms with Crippen LogP contribution in [-0.4, -0.2) is 29.5 Å². The predicted molar refractivity (Wildman–Crippen MR) is 84.8 cm³/mol. The molecule has 114 valence electrons. The maximum absolute atomic E-state index is 13.4. The number of nitrogens with one attached hydrogen (secondary N) is 1. The Morgan fingerprint density at radius 3 is 2.70 bits per heavy atom. The number of aliphatic hydroxyl groups is 1. The third kappa shape index (κ3) is 6.25. The van der Waals surface area contributed by atoms with Crippen molar-refractivity contribution in [3.8, 4) is 0 Å². The Kier molecular flexibility index (Phi) is 8.19. The van der Waals surface area contributed by atoms with Crippen LogP contribution in [0.5, 0.6) is 0 Å². The molecule has 0 spiro atoms. The number of halogens is 1. The van der Waals surface area contributed by atoms with Crippen molar-refractivity contribution in [3.63, 3.8) is 0 Å². The summed E-state index contributed by atoms with van der Waals surface area (Å²) < 4.78 is 13.4. The molecule has 0 aliphatic rings. The van der Waals surface area contributed by atoms with Crippen molar-refractivity contribution in [2.75, 3.05) is 18.9 Å². The minimum absolute atomic E-state index is 0.137. The summed E-state index contributed by atoms with van der Waals surface area (Å²) >= 11 is 1.57. The van der Waals surface area contributed by atoms with E-state index in [1.807, 2.05) is 12.1 Å². The van der Waals surface area contributed by atoms with Crippen LogP contribution in [0.25, 0.3) is 0 Å². The van der Waals surface area contributed by atoms with E-state index in [1.54, 1.807) is 17.8 Å². The molecule has 0 saturated heterocycles. The molecule has 0 aromatic heterocycles. The van der Waals surface area contributed by atoms with Gasteiger partial charge in [0, 0.05) is 10.4 Å². The van der Waals surface area contributed by atoms with Crippen molar-refractivity contribution in [1.82, 2.24) is 5.32 Å². The van der Waals surface area contributed by atoms with E-state index in [4.69, 9.17) is 0 Å². The van der Waals surface area contributed by atoms with E-state index >= 15 is 0 Å². The lowest BCUT2D eigenvalue weighted by Crippen LogP contribution is -2.46. The first-order valence-electron chi connectivity index (χ1n) is 7.34. The predicted octanol–water partition coefficient (Wildman–Crippen LogP) is 3.84. The van der Waals surface area contributed by atoms with Gasteiger partial charge in [-0.2, -0.15) is 0 Å². The Morgan fingerprint density at radius 1 is 1.30 bits per heavy atom. The molecular weight excluding hydrogens is 273 g/mol. The molecule has 1 unspecified atom stereocenters. The Hall–Kier alpha value is -0.580. The van der Waals surface area contributed by atoms with Crippen molar-refractivity contribution < 1.29 is 9.50 Å². The van der Waals surface area contributed by atoms with Gasteiger partial charge in [0.05, 0.1) is 6.61 Å². The van der Waals surface area contributed by atoms with Gasteiger partial charge in [-0.15, -0.1) is 11.8 Å². The molecule has 1 rings (SSSR count). The van der Waals surface area contributed by atoms with Crippen LogP contribution in [0.15, 0.2) is 29.2 Å². The van der Waals surface area contributed by atoms with Crippen LogP contribution in [-0.2, 0) is 0 Å². The fourth-order valence-corrected chi connectivity index (χ4v) is 2.96. The third-order valence-electron chi connectivity index (χ3n) is 3.37. The molecule has 0 saturated carbocycles. The van der Waals surface area contributed by atoms with Gasteiger partial charge in [-0.25, -0.2) is 4.39 Å². The number of thioether (sulfide) groups is 1. The molecule has 20 heavy (non-hydrogen) atoms. The lowest BCUT2D eigenvalue weighted by Gasteiger charge is -2.28. The first-order chi connectivity index (χ1) is 9.61. The summed E-state index contributed by atoms with van der Waals surface area (Å²) in [5.41, 5.74) is -0.182. The first kappa shape index (κ1) is 17.5. The minimum Gasteiger partial charge on any atom is -0.394 e. The molecule has 1 aromatic rings. The third-order valence-corrected chi connectivity index (χ3v) is 4.50. The lowest BCUT2D eigenvalue weighted by molar-refractivity contribution is 0.163. The van der Waals surface area contributed by atoms with Crippen molar-refractivity contribution in [2.45, 2.75) is 50.0 Å². The molecular formula is C16H26FNOS. The maximum atomic E-state index is 13.4. The summed E-state index contributed by atoms with van der Waals surface area (Å²) in [7, 11) is 0. The molecule has 0 bridgehead atoms. The van der Waals surface area contributed by atoms with E-state index in [9.17, 15) is 9.50 Å². The zero-order valence-electron chi connectivity index (χ0n) is 12.5. The van der Waals surface area contributed by atoms with Crippen LogP contribution in [0.3, 0.4) is 0 Å². The van der Waals surface area contributed by atoms with E-state index < -0.39 is 0 Å². The van der Waals surface area contributed by atoms with Crippen molar-refractivity contribution in [3.05, 3.63) is 30.1 Å². The highest BCUT2D eigenvalue weighted by Crippen LogP contribution is 2.23. The fourth-order valence-electron chi connectivity index (χ4n) is 2.01. The summed E-state index contributed by atoms with van der Waals surface area (Å²) in [6, 6.07) is 6.90. The van der Waals surface area contributed by atoms with E-state index in [-0.39, 0.29) is 18.0 Å². The number of aliphatic hydroxyl groups excluding tert-OH is 1. The smallest absolute Gasteiger partial charge is 0.136 e. The van der Waals surface area contributed by atoms with E-state index in [2.05, 4.69) is 19.2 Å². The summed E-state index contributed by atoms with van der Waals surface area (Å²) in [5, 5.41) is 12.9. The van der Waals surface area contributed by atoms with Gasteiger partial charge in [0.15, 0.2) is 0 Å². The highest BCUT2D eigenvalue weighted by Gasteiger charge is 2.21. The molecule has 2 nitrogen and oxygen atoms in total. The maximum Gasteiger partial charge on any atom is 0.136 e. The van der Waals surface area contributed by atoms with Gasteiger partial charge in [0.25, 0.3) is 0 Å². The molecule has 0 amide bonds. The number of hydrogen-bond acceptors (Lipinski definition) is 3. The molecule has 1 aromatic carbocycles. The monoisotopic (exact) mass is 299 g/mol. The average molecular weight is 299 g/mol. The highest BCUT2D eigenvalue weighted by atomic mass is 32.2. The molecule has 4 heteroatoms. The molecule has 0 fully saturated rings. The summed E-state index contributed by atoms with van der Waals surface area (Å²) in [6.07, 6.45) is 4.08. The Morgan fingerprint density at radius 2 is 2.05 bits per heavy atom. The van der Waals surface area contributed by atoms with Crippen LogP contribution in [0.4, 0.5) is 4.39 Å². The van der Waals surface area contributed by atoms with Crippen molar-refractivity contribution in [2.24, 2.45) is 0 Å². The molecule has 2 N–H and O–H groups in total. The first-order valence-corrected chi connectivity index (χ1v) is 8.33. The van der Waals surface area contributed by atoms with Gasteiger partial charge in [-0.3, -0.25) is 0 Å². The summed E-state index contributed by atoms with van der Waals surface area (Å²) in [5.74, 6) is 0.776. The quantitative estimate of drug-likeness (QED) is 0.508.